The number of carbonyl (C=O) groups is 1. The zero-order chi connectivity index (χ0) is 18.9. The molecule has 2 heterocycles. The lowest BCUT2D eigenvalue weighted by Gasteiger charge is -2.28. The molecule has 0 spiro atoms. The standard InChI is InChI=1S/C18H24N4O3S/c1-13-17(14(2)21(3)20-13)19-18(23)22(11-15-7-5-4-6-8-15)16-9-10-26(24,25)12-16/h4-8,16H,9-12H2,1-3H3,(H,19,23)/t16-/m1/s1. The highest BCUT2D eigenvalue weighted by Crippen LogP contribution is 2.23. The quantitative estimate of drug-likeness (QED) is 0.887. The number of anilines is 1. The largest absolute Gasteiger partial charge is 0.322 e. The number of aromatic nitrogens is 2. The monoisotopic (exact) mass is 376 g/mol. The number of hydrogen-bond donors (Lipinski definition) is 1. The van der Waals surface area contributed by atoms with Gasteiger partial charge >= 0.3 is 6.03 Å². The molecule has 26 heavy (non-hydrogen) atoms. The van der Waals surface area contributed by atoms with Crippen LogP contribution in [0.1, 0.15) is 23.4 Å². The van der Waals surface area contributed by atoms with E-state index in [-0.39, 0.29) is 23.6 Å². The van der Waals surface area contributed by atoms with Crippen LogP contribution in [0.3, 0.4) is 0 Å². The van der Waals surface area contributed by atoms with Gasteiger partial charge in [-0.2, -0.15) is 5.10 Å². The van der Waals surface area contributed by atoms with E-state index in [1.807, 2.05) is 51.2 Å². The van der Waals surface area contributed by atoms with E-state index in [4.69, 9.17) is 0 Å². The minimum absolute atomic E-state index is 0.0122. The zero-order valence-electron chi connectivity index (χ0n) is 15.3. The number of amides is 2. The number of nitrogens with one attached hydrogen (secondary N) is 1. The molecule has 3 rings (SSSR count). The Kier molecular flexibility index (Phi) is 5.04. The van der Waals surface area contributed by atoms with Crippen LogP contribution in [0.5, 0.6) is 0 Å². The second-order valence-corrected chi connectivity index (χ2v) is 9.00. The number of carbonyl (C=O) groups excluding carboxylic acids is 1. The molecule has 1 aliphatic heterocycles. The van der Waals surface area contributed by atoms with Crippen LogP contribution in [0.2, 0.25) is 0 Å². The van der Waals surface area contributed by atoms with Crippen molar-refractivity contribution in [3.63, 3.8) is 0 Å². The first-order valence-electron chi connectivity index (χ1n) is 8.59. The lowest BCUT2D eigenvalue weighted by atomic mass is 10.1. The molecular weight excluding hydrogens is 352 g/mol. The Balaban J connectivity index is 1.85. The van der Waals surface area contributed by atoms with Crippen molar-refractivity contribution in [2.24, 2.45) is 7.05 Å². The SMILES string of the molecule is Cc1nn(C)c(C)c1NC(=O)N(Cc1ccccc1)[C@@H]1CCS(=O)(=O)C1. The summed E-state index contributed by atoms with van der Waals surface area (Å²) in [5, 5.41) is 7.25. The van der Waals surface area contributed by atoms with Crippen molar-refractivity contribution < 1.29 is 13.2 Å². The van der Waals surface area contributed by atoms with Crippen molar-refractivity contribution in [2.75, 3.05) is 16.8 Å². The summed E-state index contributed by atoms with van der Waals surface area (Å²) in [6, 6.07) is 8.98. The molecule has 8 heteroatoms. The van der Waals surface area contributed by atoms with E-state index in [2.05, 4.69) is 10.4 Å². The Morgan fingerprint density at radius 1 is 1.31 bits per heavy atom. The molecule has 2 aromatic rings. The normalized spacial score (nSPS) is 18.7. The highest BCUT2D eigenvalue weighted by molar-refractivity contribution is 7.91. The Morgan fingerprint density at radius 3 is 2.54 bits per heavy atom. The third-order valence-corrected chi connectivity index (χ3v) is 6.60. The van der Waals surface area contributed by atoms with Crippen LogP contribution < -0.4 is 5.32 Å². The zero-order valence-corrected chi connectivity index (χ0v) is 16.1. The van der Waals surface area contributed by atoms with Crippen LogP contribution >= 0.6 is 0 Å². The Bertz CT molecular complexity index is 906. The molecule has 0 aliphatic carbocycles. The van der Waals surface area contributed by atoms with Gasteiger partial charge in [-0.05, 0) is 25.8 Å². The molecule has 2 amide bonds. The predicted octanol–water partition coefficient (Wildman–Crippen LogP) is 2.26. The second-order valence-electron chi connectivity index (χ2n) is 6.77. The third kappa shape index (κ3) is 3.90. The molecular formula is C18H24N4O3S. The number of sulfone groups is 1. The van der Waals surface area contributed by atoms with Crippen LogP contribution in [-0.2, 0) is 23.4 Å². The lowest BCUT2D eigenvalue weighted by molar-refractivity contribution is 0.190. The van der Waals surface area contributed by atoms with Crippen LogP contribution in [0.4, 0.5) is 10.5 Å². The topological polar surface area (TPSA) is 84.3 Å². The van der Waals surface area contributed by atoms with Gasteiger partial charge in [0.05, 0.1) is 28.6 Å². The highest BCUT2D eigenvalue weighted by Gasteiger charge is 2.35. The van der Waals surface area contributed by atoms with Gasteiger partial charge in [0.1, 0.15) is 0 Å². The van der Waals surface area contributed by atoms with Gasteiger partial charge in [0.15, 0.2) is 9.84 Å². The average molecular weight is 376 g/mol. The summed E-state index contributed by atoms with van der Waals surface area (Å²) in [5.41, 5.74) is 3.23. The maximum absolute atomic E-state index is 13.0. The Hall–Kier alpha value is -2.35. The molecule has 0 radical (unpaired) electrons. The summed E-state index contributed by atoms with van der Waals surface area (Å²) < 4.78 is 25.6. The van der Waals surface area contributed by atoms with E-state index >= 15 is 0 Å². The summed E-state index contributed by atoms with van der Waals surface area (Å²) in [6.07, 6.45) is 0.466. The van der Waals surface area contributed by atoms with E-state index < -0.39 is 9.84 Å². The third-order valence-electron chi connectivity index (χ3n) is 4.85. The van der Waals surface area contributed by atoms with E-state index in [9.17, 15) is 13.2 Å². The molecule has 1 aromatic heterocycles. The van der Waals surface area contributed by atoms with Gasteiger partial charge in [-0.15, -0.1) is 0 Å². The van der Waals surface area contributed by atoms with Crippen LogP contribution in [0, 0.1) is 13.8 Å². The van der Waals surface area contributed by atoms with Crippen LogP contribution in [0.25, 0.3) is 0 Å². The molecule has 1 atom stereocenters. The number of nitrogens with zero attached hydrogens (tertiary/aromatic N) is 3. The van der Waals surface area contributed by atoms with E-state index in [0.29, 0.717) is 18.7 Å². The molecule has 1 aromatic carbocycles. The maximum atomic E-state index is 13.0. The molecule has 0 saturated carbocycles. The second kappa shape index (κ2) is 7.11. The number of hydrogen-bond acceptors (Lipinski definition) is 4. The molecule has 1 saturated heterocycles. The van der Waals surface area contributed by atoms with E-state index in [1.165, 1.54) is 0 Å². The summed E-state index contributed by atoms with van der Waals surface area (Å²) in [4.78, 5) is 14.6. The van der Waals surface area contributed by atoms with Gasteiger partial charge in [-0.3, -0.25) is 4.68 Å². The summed E-state index contributed by atoms with van der Waals surface area (Å²) in [6.45, 7) is 4.09. The average Bonchev–Trinajstić information content (AvgIpc) is 3.07. The molecule has 140 valence electrons. The minimum atomic E-state index is -3.09. The Labute approximate surface area is 153 Å². The van der Waals surface area contributed by atoms with Crippen molar-refractivity contribution in [2.45, 2.75) is 32.9 Å². The Morgan fingerprint density at radius 2 is 2.00 bits per heavy atom. The van der Waals surface area contributed by atoms with Gasteiger partial charge in [-0.1, -0.05) is 30.3 Å². The predicted molar refractivity (Wildman–Crippen MR) is 101 cm³/mol. The molecule has 7 nitrogen and oxygen atoms in total. The minimum Gasteiger partial charge on any atom is -0.316 e. The summed E-state index contributed by atoms with van der Waals surface area (Å²) in [5.74, 6) is 0.138. The van der Waals surface area contributed by atoms with Crippen molar-refractivity contribution in [3.05, 3.63) is 47.3 Å². The number of benzene rings is 1. The highest BCUT2D eigenvalue weighted by atomic mass is 32.2. The summed E-state index contributed by atoms with van der Waals surface area (Å²) in [7, 11) is -1.27. The number of urea groups is 1. The van der Waals surface area contributed by atoms with E-state index in [0.717, 1.165) is 17.0 Å². The van der Waals surface area contributed by atoms with Crippen LogP contribution in [0.15, 0.2) is 30.3 Å². The van der Waals surface area contributed by atoms with Gasteiger partial charge < -0.3 is 10.2 Å². The number of rotatable bonds is 4. The molecule has 1 aliphatic rings. The van der Waals surface area contributed by atoms with E-state index in [1.54, 1.807) is 9.58 Å². The van der Waals surface area contributed by atoms with Crippen LogP contribution in [-0.4, -0.2) is 46.7 Å². The first-order chi connectivity index (χ1) is 12.3. The molecule has 0 unspecified atom stereocenters. The smallest absolute Gasteiger partial charge is 0.316 e. The summed E-state index contributed by atoms with van der Waals surface area (Å²) >= 11 is 0. The van der Waals surface area contributed by atoms with Crippen molar-refractivity contribution >= 4 is 21.6 Å². The van der Waals surface area contributed by atoms with Gasteiger partial charge in [0, 0.05) is 19.6 Å². The van der Waals surface area contributed by atoms with Gasteiger partial charge in [0.25, 0.3) is 0 Å². The first-order valence-corrected chi connectivity index (χ1v) is 10.4. The fraction of sp³-hybridized carbons (Fsp3) is 0.444. The van der Waals surface area contributed by atoms with Gasteiger partial charge in [-0.25, -0.2) is 13.2 Å². The van der Waals surface area contributed by atoms with Crippen molar-refractivity contribution in [1.82, 2.24) is 14.7 Å². The fourth-order valence-corrected chi connectivity index (χ4v) is 5.03. The maximum Gasteiger partial charge on any atom is 0.322 e. The fourth-order valence-electron chi connectivity index (χ4n) is 3.30. The molecule has 1 N–H and O–H groups in total. The molecule has 0 bridgehead atoms. The lowest BCUT2D eigenvalue weighted by Crippen LogP contribution is -2.43. The van der Waals surface area contributed by atoms with Crippen molar-refractivity contribution in [3.8, 4) is 0 Å². The number of aryl methyl sites for hydroxylation is 2. The first kappa shape index (κ1) is 18.4. The van der Waals surface area contributed by atoms with Crippen molar-refractivity contribution in [1.29, 1.82) is 0 Å². The van der Waals surface area contributed by atoms with Gasteiger partial charge in [0.2, 0.25) is 0 Å². The molecule has 1 fully saturated rings.